The number of allylic oxidation sites excluding steroid dienone is 9. The lowest BCUT2D eigenvalue weighted by Crippen LogP contribution is -2.12. The van der Waals surface area contributed by atoms with Gasteiger partial charge in [0, 0.05) is 11.8 Å². The van der Waals surface area contributed by atoms with Crippen molar-refractivity contribution in [1.29, 1.82) is 0 Å². The summed E-state index contributed by atoms with van der Waals surface area (Å²) in [5.41, 5.74) is 10.9. The molecule has 0 amide bonds. The van der Waals surface area contributed by atoms with Gasteiger partial charge in [0.2, 0.25) is 0 Å². The molecule has 0 N–H and O–H groups in total. The van der Waals surface area contributed by atoms with Crippen LogP contribution in [0, 0.1) is 5.92 Å². The normalized spacial score (nSPS) is 27.3. The molecule has 0 heterocycles. The van der Waals surface area contributed by atoms with Gasteiger partial charge in [-0.15, -0.1) is 0 Å². The standard InChI is InChI=1S/C24H24/c1-16-14-24-21-9-5-3-7-18(21)12-13-22(24)23(16)15-19-11-10-17-6-2-4-8-20(17)19/h2,4,6,8,10-14,19,24H,3,5,7,9,15H2,1H3. The van der Waals surface area contributed by atoms with Crippen LogP contribution in [0.25, 0.3) is 6.08 Å². The summed E-state index contributed by atoms with van der Waals surface area (Å²) in [6.07, 6.45) is 18.6. The molecule has 0 heteroatoms. The third-order valence-corrected chi connectivity index (χ3v) is 6.30. The van der Waals surface area contributed by atoms with Crippen LogP contribution in [0.4, 0.5) is 0 Å². The molecule has 120 valence electrons. The summed E-state index contributed by atoms with van der Waals surface area (Å²) in [6.45, 7) is 2.32. The van der Waals surface area contributed by atoms with E-state index < -0.39 is 0 Å². The Kier molecular flexibility index (Phi) is 3.26. The van der Waals surface area contributed by atoms with Crippen molar-refractivity contribution in [3.8, 4) is 0 Å². The molecule has 4 aliphatic rings. The van der Waals surface area contributed by atoms with Crippen LogP contribution < -0.4 is 0 Å². The molecule has 0 fully saturated rings. The van der Waals surface area contributed by atoms with E-state index in [2.05, 4.69) is 61.6 Å². The monoisotopic (exact) mass is 312 g/mol. The molecule has 0 aromatic heterocycles. The van der Waals surface area contributed by atoms with Crippen molar-refractivity contribution in [2.45, 2.75) is 44.9 Å². The number of hydrogen-bond donors (Lipinski definition) is 0. The second-order valence-electron chi connectivity index (χ2n) is 7.65. The maximum atomic E-state index is 2.54. The van der Waals surface area contributed by atoms with Gasteiger partial charge in [-0.1, -0.05) is 65.8 Å². The Hall–Kier alpha value is -2.08. The quantitative estimate of drug-likeness (QED) is 0.584. The van der Waals surface area contributed by atoms with E-state index in [1.807, 2.05) is 0 Å². The summed E-state index contributed by atoms with van der Waals surface area (Å²) in [7, 11) is 0. The Morgan fingerprint density at radius 1 is 1.00 bits per heavy atom. The molecule has 0 saturated carbocycles. The molecule has 2 unspecified atom stereocenters. The van der Waals surface area contributed by atoms with Crippen LogP contribution >= 0.6 is 0 Å². The van der Waals surface area contributed by atoms with Gasteiger partial charge in [-0.05, 0) is 66.9 Å². The van der Waals surface area contributed by atoms with E-state index in [9.17, 15) is 0 Å². The van der Waals surface area contributed by atoms with Crippen LogP contribution in [-0.2, 0) is 0 Å². The number of fused-ring (bicyclic) bond motifs is 3. The molecule has 24 heavy (non-hydrogen) atoms. The Balaban J connectivity index is 1.49. The summed E-state index contributed by atoms with van der Waals surface area (Å²) in [5.74, 6) is 1.13. The summed E-state index contributed by atoms with van der Waals surface area (Å²) >= 11 is 0. The highest BCUT2D eigenvalue weighted by Crippen LogP contribution is 2.48. The fraction of sp³-hybridized carbons (Fsp3) is 0.333. The van der Waals surface area contributed by atoms with Gasteiger partial charge in [0.05, 0.1) is 0 Å². The molecule has 0 radical (unpaired) electrons. The molecule has 1 aromatic rings. The van der Waals surface area contributed by atoms with Crippen molar-refractivity contribution in [2.75, 3.05) is 0 Å². The van der Waals surface area contributed by atoms with Crippen LogP contribution in [0.5, 0.6) is 0 Å². The van der Waals surface area contributed by atoms with E-state index >= 15 is 0 Å². The van der Waals surface area contributed by atoms with Crippen molar-refractivity contribution >= 4 is 6.08 Å². The molecule has 4 aliphatic carbocycles. The minimum absolute atomic E-state index is 0.543. The first-order valence-corrected chi connectivity index (χ1v) is 9.40. The van der Waals surface area contributed by atoms with E-state index in [0.29, 0.717) is 11.8 Å². The van der Waals surface area contributed by atoms with E-state index in [4.69, 9.17) is 0 Å². The third-order valence-electron chi connectivity index (χ3n) is 6.30. The predicted molar refractivity (Wildman–Crippen MR) is 102 cm³/mol. The lowest BCUT2D eigenvalue weighted by atomic mass is 9.77. The first-order chi connectivity index (χ1) is 11.8. The minimum atomic E-state index is 0.543. The average Bonchev–Trinajstić information content (AvgIpc) is 3.17. The van der Waals surface area contributed by atoms with Gasteiger partial charge in [-0.25, -0.2) is 0 Å². The van der Waals surface area contributed by atoms with Crippen molar-refractivity contribution in [3.05, 3.63) is 87.6 Å². The highest BCUT2D eigenvalue weighted by molar-refractivity contribution is 5.64. The van der Waals surface area contributed by atoms with Gasteiger partial charge in [0.15, 0.2) is 0 Å². The fourth-order valence-corrected chi connectivity index (χ4v) is 5.04. The van der Waals surface area contributed by atoms with Crippen LogP contribution in [0.15, 0.2) is 76.4 Å². The van der Waals surface area contributed by atoms with Crippen LogP contribution in [-0.4, -0.2) is 0 Å². The van der Waals surface area contributed by atoms with Gasteiger partial charge in [-0.2, -0.15) is 0 Å². The molecular weight excluding hydrogens is 288 g/mol. The zero-order chi connectivity index (χ0) is 16.1. The van der Waals surface area contributed by atoms with Crippen molar-refractivity contribution < 1.29 is 0 Å². The Morgan fingerprint density at radius 3 is 2.83 bits per heavy atom. The topological polar surface area (TPSA) is 0 Å². The van der Waals surface area contributed by atoms with Gasteiger partial charge in [0.25, 0.3) is 0 Å². The first-order valence-electron chi connectivity index (χ1n) is 9.40. The lowest BCUT2D eigenvalue weighted by Gasteiger charge is -2.28. The zero-order valence-electron chi connectivity index (χ0n) is 14.4. The maximum absolute atomic E-state index is 2.54. The molecule has 0 spiro atoms. The average molecular weight is 312 g/mol. The van der Waals surface area contributed by atoms with Gasteiger partial charge in [-0.3, -0.25) is 0 Å². The summed E-state index contributed by atoms with van der Waals surface area (Å²) in [5, 5.41) is 0. The molecule has 0 saturated heterocycles. The van der Waals surface area contributed by atoms with Crippen molar-refractivity contribution in [3.63, 3.8) is 0 Å². The first kappa shape index (κ1) is 14.3. The molecular formula is C24H24. The summed E-state index contributed by atoms with van der Waals surface area (Å²) in [6, 6.07) is 8.86. The number of hydrogen-bond acceptors (Lipinski definition) is 0. The van der Waals surface area contributed by atoms with E-state index in [0.717, 1.165) is 6.42 Å². The largest absolute Gasteiger partial charge is 0.0760 e. The van der Waals surface area contributed by atoms with E-state index in [-0.39, 0.29) is 0 Å². The Morgan fingerprint density at radius 2 is 1.88 bits per heavy atom. The van der Waals surface area contributed by atoms with Gasteiger partial charge in [0.1, 0.15) is 0 Å². The highest BCUT2D eigenvalue weighted by Gasteiger charge is 2.31. The molecule has 5 rings (SSSR count). The number of rotatable bonds is 2. The fourth-order valence-electron chi connectivity index (χ4n) is 5.04. The predicted octanol–water partition coefficient (Wildman–Crippen LogP) is 6.50. The SMILES string of the molecule is CC1=CC2C(=C1CC1C=Cc3ccccc31)C=CC1=C2CCCC1. The maximum Gasteiger partial charge on any atom is 0.0242 e. The van der Waals surface area contributed by atoms with Crippen molar-refractivity contribution in [2.24, 2.45) is 5.92 Å². The highest BCUT2D eigenvalue weighted by atomic mass is 14.4. The minimum Gasteiger partial charge on any atom is -0.0760 e. The molecule has 1 aromatic carbocycles. The molecule has 0 nitrogen and oxygen atoms in total. The van der Waals surface area contributed by atoms with Crippen LogP contribution in [0.3, 0.4) is 0 Å². The number of benzene rings is 1. The van der Waals surface area contributed by atoms with Crippen LogP contribution in [0.2, 0.25) is 0 Å². The summed E-state index contributed by atoms with van der Waals surface area (Å²) in [4.78, 5) is 0. The smallest absolute Gasteiger partial charge is 0.0242 e. The Bertz CT molecular complexity index is 854. The van der Waals surface area contributed by atoms with Gasteiger partial charge < -0.3 is 0 Å². The molecule has 0 aliphatic heterocycles. The lowest BCUT2D eigenvalue weighted by molar-refractivity contribution is 0.637. The Labute approximate surface area is 145 Å². The zero-order valence-corrected chi connectivity index (χ0v) is 14.4. The summed E-state index contributed by atoms with van der Waals surface area (Å²) < 4.78 is 0. The van der Waals surface area contributed by atoms with Crippen molar-refractivity contribution in [1.82, 2.24) is 0 Å². The molecule has 0 bridgehead atoms. The van der Waals surface area contributed by atoms with Gasteiger partial charge >= 0.3 is 0 Å². The van der Waals surface area contributed by atoms with E-state index in [1.54, 1.807) is 22.3 Å². The molecule has 2 atom stereocenters. The second kappa shape index (κ2) is 5.48. The second-order valence-corrected chi connectivity index (χ2v) is 7.65. The van der Waals surface area contributed by atoms with Crippen LogP contribution in [0.1, 0.15) is 56.1 Å². The van der Waals surface area contributed by atoms with E-state index in [1.165, 1.54) is 42.4 Å². The third kappa shape index (κ3) is 2.13.